The molecule has 2 N–H and O–H groups in total. The molecule has 4 heteroatoms. The van der Waals surface area contributed by atoms with E-state index in [1.165, 1.54) is 0 Å². The molecule has 1 aromatic heterocycles. The topological polar surface area (TPSA) is 57.4 Å². The summed E-state index contributed by atoms with van der Waals surface area (Å²) in [6.07, 6.45) is 0.00445. The van der Waals surface area contributed by atoms with Gasteiger partial charge in [-0.15, -0.1) is 0 Å². The number of nitrogens with zero attached hydrogens (tertiary/aromatic N) is 1. The summed E-state index contributed by atoms with van der Waals surface area (Å²) in [6.45, 7) is 4.82. The number of aromatic nitrogens is 1. The molecule has 0 aliphatic rings. The standard InChI is InChI=1S/C11H18N2O2/c1-8-4-5-11(10(6-12)13-8)15-9(2)7-14-3/h4-5,9H,6-7,12H2,1-3H3. The van der Waals surface area contributed by atoms with E-state index in [0.29, 0.717) is 13.2 Å². The van der Waals surface area contributed by atoms with E-state index in [0.717, 1.165) is 17.1 Å². The molecule has 0 fully saturated rings. The Bertz CT molecular complexity index is 315. The Morgan fingerprint density at radius 2 is 2.20 bits per heavy atom. The Balaban J connectivity index is 2.75. The van der Waals surface area contributed by atoms with Gasteiger partial charge < -0.3 is 15.2 Å². The van der Waals surface area contributed by atoms with Crippen molar-refractivity contribution in [2.24, 2.45) is 5.73 Å². The number of pyridine rings is 1. The van der Waals surface area contributed by atoms with Crippen molar-refractivity contribution in [1.82, 2.24) is 4.98 Å². The predicted octanol–water partition coefficient (Wildman–Crippen LogP) is 1.26. The molecule has 0 radical (unpaired) electrons. The van der Waals surface area contributed by atoms with Crippen molar-refractivity contribution in [3.63, 3.8) is 0 Å². The zero-order chi connectivity index (χ0) is 11.3. The molecule has 1 rings (SSSR count). The van der Waals surface area contributed by atoms with Gasteiger partial charge in [-0.3, -0.25) is 4.98 Å². The summed E-state index contributed by atoms with van der Waals surface area (Å²) in [5.41, 5.74) is 7.33. The summed E-state index contributed by atoms with van der Waals surface area (Å²) in [6, 6.07) is 3.81. The highest BCUT2D eigenvalue weighted by Crippen LogP contribution is 2.17. The Hall–Kier alpha value is -1.13. The third-order valence-corrected chi connectivity index (χ3v) is 1.99. The maximum absolute atomic E-state index is 5.66. The number of nitrogens with two attached hydrogens (primary N) is 1. The average Bonchev–Trinajstić information content (AvgIpc) is 2.21. The lowest BCUT2D eigenvalue weighted by Crippen LogP contribution is -2.19. The normalized spacial score (nSPS) is 12.5. The second-order valence-electron chi connectivity index (χ2n) is 3.49. The van der Waals surface area contributed by atoms with Crippen LogP contribution in [0, 0.1) is 6.92 Å². The molecule has 0 amide bonds. The molecule has 0 aliphatic carbocycles. The van der Waals surface area contributed by atoms with Crippen LogP contribution in [-0.2, 0) is 11.3 Å². The van der Waals surface area contributed by atoms with E-state index >= 15 is 0 Å². The highest BCUT2D eigenvalue weighted by Gasteiger charge is 2.08. The van der Waals surface area contributed by atoms with Crippen LogP contribution in [0.5, 0.6) is 5.75 Å². The zero-order valence-corrected chi connectivity index (χ0v) is 9.49. The van der Waals surface area contributed by atoms with Gasteiger partial charge in [-0.1, -0.05) is 0 Å². The molecule has 15 heavy (non-hydrogen) atoms. The fraction of sp³-hybridized carbons (Fsp3) is 0.545. The number of hydrogen-bond acceptors (Lipinski definition) is 4. The maximum atomic E-state index is 5.66. The molecule has 0 saturated carbocycles. The Morgan fingerprint density at radius 3 is 2.80 bits per heavy atom. The minimum absolute atomic E-state index is 0.00445. The van der Waals surface area contributed by atoms with Crippen molar-refractivity contribution in [2.45, 2.75) is 26.5 Å². The van der Waals surface area contributed by atoms with Gasteiger partial charge in [0.25, 0.3) is 0 Å². The van der Waals surface area contributed by atoms with Gasteiger partial charge in [0.15, 0.2) is 0 Å². The molecule has 1 aromatic rings. The van der Waals surface area contributed by atoms with Crippen LogP contribution in [0.4, 0.5) is 0 Å². The van der Waals surface area contributed by atoms with E-state index in [4.69, 9.17) is 15.2 Å². The molecule has 1 heterocycles. The van der Waals surface area contributed by atoms with Crippen LogP contribution in [-0.4, -0.2) is 24.8 Å². The zero-order valence-electron chi connectivity index (χ0n) is 9.49. The number of methoxy groups -OCH3 is 1. The smallest absolute Gasteiger partial charge is 0.142 e. The lowest BCUT2D eigenvalue weighted by atomic mass is 10.3. The molecule has 0 aromatic carbocycles. The number of aryl methyl sites for hydroxylation is 1. The second kappa shape index (κ2) is 5.68. The first kappa shape index (κ1) is 11.9. The predicted molar refractivity (Wildman–Crippen MR) is 58.8 cm³/mol. The van der Waals surface area contributed by atoms with Gasteiger partial charge in [0, 0.05) is 19.3 Å². The van der Waals surface area contributed by atoms with Gasteiger partial charge in [0.1, 0.15) is 11.9 Å². The van der Waals surface area contributed by atoms with Crippen LogP contribution in [0.15, 0.2) is 12.1 Å². The van der Waals surface area contributed by atoms with Crippen molar-refractivity contribution in [3.8, 4) is 5.75 Å². The summed E-state index contributed by atoms with van der Waals surface area (Å²) < 4.78 is 10.7. The van der Waals surface area contributed by atoms with Crippen molar-refractivity contribution in [1.29, 1.82) is 0 Å². The van der Waals surface area contributed by atoms with E-state index in [1.807, 2.05) is 26.0 Å². The van der Waals surface area contributed by atoms with Gasteiger partial charge >= 0.3 is 0 Å². The number of rotatable bonds is 5. The molecule has 1 unspecified atom stereocenters. The summed E-state index contributed by atoms with van der Waals surface area (Å²) in [5, 5.41) is 0. The van der Waals surface area contributed by atoms with Gasteiger partial charge in [0.2, 0.25) is 0 Å². The van der Waals surface area contributed by atoms with Crippen LogP contribution >= 0.6 is 0 Å². The summed E-state index contributed by atoms with van der Waals surface area (Å²) in [4.78, 5) is 4.31. The maximum Gasteiger partial charge on any atom is 0.142 e. The lowest BCUT2D eigenvalue weighted by molar-refractivity contribution is 0.0911. The second-order valence-corrected chi connectivity index (χ2v) is 3.49. The summed E-state index contributed by atoms with van der Waals surface area (Å²) in [5.74, 6) is 0.743. The van der Waals surface area contributed by atoms with Gasteiger partial charge in [-0.25, -0.2) is 0 Å². The van der Waals surface area contributed by atoms with E-state index < -0.39 is 0 Å². The van der Waals surface area contributed by atoms with E-state index in [2.05, 4.69) is 4.98 Å². The van der Waals surface area contributed by atoms with Crippen molar-refractivity contribution in [3.05, 3.63) is 23.5 Å². The van der Waals surface area contributed by atoms with Crippen LogP contribution in [0.2, 0.25) is 0 Å². The number of ether oxygens (including phenoxy) is 2. The average molecular weight is 210 g/mol. The summed E-state index contributed by atoms with van der Waals surface area (Å²) >= 11 is 0. The highest BCUT2D eigenvalue weighted by atomic mass is 16.5. The third-order valence-electron chi connectivity index (χ3n) is 1.99. The van der Waals surface area contributed by atoms with Gasteiger partial charge in [-0.05, 0) is 26.0 Å². The van der Waals surface area contributed by atoms with Crippen LogP contribution < -0.4 is 10.5 Å². The summed E-state index contributed by atoms with van der Waals surface area (Å²) in [7, 11) is 1.65. The minimum atomic E-state index is 0.00445. The Labute approximate surface area is 90.4 Å². The van der Waals surface area contributed by atoms with Crippen molar-refractivity contribution < 1.29 is 9.47 Å². The van der Waals surface area contributed by atoms with E-state index in [9.17, 15) is 0 Å². The molecule has 1 atom stereocenters. The fourth-order valence-electron chi connectivity index (χ4n) is 1.34. The van der Waals surface area contributed by atoms with Crippen LogP contribution in [0.3, 0.4) is 0 Å². The Morgan fingerprint density at radius 1 is 1.47 bits per heavy atom. The van der Waals surface area contributed by atoms with Crippen LogP contribution in [0.25, 0.3) is 0 Å². The van der Waals surface area contributed by atoms with E-state index in [-0.39, 0.29) is 6.10 Å². The quantitative estimate of drug-likeness (QED) is 0.795. The van der Waals surface area contributed by atoms with Crippen LogP contribution in [0.1, 0.15) is 18.3 Å². The molecule has 0 spiro atoms. The lowest BCUT2D eigenvalue weighted by Gasteiger charge is -2.15. The van der Waals surface area contributed by atoms with E-state index in [1.54, 1.807) is 7.11 Å². The first-order valence-electron chi connectivity index (χ1n) is 4.99. The van der Waals surface area contributed by atoms with Crippen molar-refractivity contribution in [2.75, 3.05) is 13.7 Å². The number of hydrogen-bond donors (Lipinski definition) is 1. The monoisotopic (exact) mass is 210 g/mol. The first-order chi connectivity index (χ1) is 7.17. The molecule has 0 bridgehead atoms. The minimum Gasteiger partial charge on any atom is -0.486 e. The first-order valence-corrected chi connectivity index (χ1v) is 4.99. The third kappa shape index (κ3) is 3.49. The molecule has 0 saturated heterocycles. The SMILES string of the molecule is COCC(C)Oc1ccc(C)nc1CN. The van der Waals surface area contributed by atoms with Gasteiger partial charge in [-0.2, -0.15) is 0 Å². The molecule has 4 nitrogen and oxygen atoms in total. The molecular formula is C11H18N2O2. The molecular weight excluding hydrogens is 192 g/mol. The van der Waals surface area contributed by atoms with Gasteiger partial charge in [0.05, 0.1) is 12.3 Å². The largest absolute Gasteiger partial charge is 0.486 e. The highest BCUT2D eigenvalue weighted by molar-refractivity contribution is 5.29. The van der Waals surface area contributed by atoms with Crippen molar-refractivity contribution >= 4 is 0 Å². The Kier molecular flexibility index (Phi) is 4.52. The fourth-order valence-corrected chi connectivity index (χ4v) is 1.34. The molecule has 84 valence electrons. The molecule has 0 aliphatic heterocycles.